The molecule has 1 fully saturated rings. The Balaban J connectivity index is 1.67. The first-order valence-corrected chi connectivity index (χ1v) is 6.96. The van der Waals surface area contributed by atoms with Crippen LogP contribution in [-0.4, -0.2) is 50.9 Å². The number of aromatic nitrogens is 3. The van der Waals surface area contributed by atoms with Crippen molar-refractivity contribution in [3.63, 3.8) is 0 Å². The molecule has 1 saturated heterocycles. The molecule has 2 atom stereocenters. The smallest absolute Gasteiger partial charge is 0.308 e. The minimum atomic E-state index is -0.722. The van der Waals surface area contributed by atoms with E-state index in [-0.39, 0.29) is 5.92 Å². The van der Waals surface area contributed by atoms with E-state index in [1.54, 1.807) is 4.68 Å². The van der Waals surface area contributed by atoms with Gasteiger partial charge in [0.15, 0.2) is 5.82 Å². The topological polar surface area (TPSA) is 71.2 Å². The van der Waals surface area contributed by atoms with Gasteiger partial charge in [-0.1, -0.05) is 0 Å². The number of nitrogens with zero attached hydrogens (tertiary/aromatic N) is 4. The molecule has 0 saturated carbocycles. The SMILES string of the molecule is CN1CCC(Cc2nc3n(n2)CC(C(=O)O)CC3)C1. The molecule has 0 radical (unpaired) electrons. The van der Waals surface area contributed by atoms with E-state index in [0.717, 1.165) is 37.6 Å². The van der Waals surface area contributed by atoms with Crippen LogP contribution in [0.25, 0.3) is 0 Å². The zero-order valence-electron chi connectivity index (χ0n) is 11.2. The normalized spacial score (nSPS) is 27.4. The largest absolute Gasteiger partial charge is 0.481 e. The molecule has 104 valence electrons. The van der Waals surface area contributed by atoms with E-state index < -0.39 is 5.97 Å². The van der Waals surface area contributed by atoms with E-state index in [1.165, 1.54) is 6.42 Å². The van der Waals surface area contributed by atoms with Gasteiger partial charge in [0.1, 0.15) is 5.82 Å². The molecule has 1 aromatic rings. The number of hydrogen-bond donors (Lipinski definition) is 1. The minimum absolute atomic E-state index is 0.306. The van der Waals surface area contributed by atoms with Crippen LogP contribution in [0.3, 0.4) is 0 Å². The molecule has 2 unspecified atom stereocenters. The Bertz CT molecular complexity index is 485. The fraction of sp³-hybridized carbons (Fsp3) is 0.769. The van der Waals surface area contributed by atoms with Crippen LogP contribution in [0, 0.1) is 11.8 Å². The number of likely N-dealkylation sites (tertiary alicyclic amines) is 1. The molecule has 3 rings (SSSR count). The number of rotatable bonds is 3. The molecule has 0 amide bonds. The average Bonchev–Trinajstić information content (AvgIpc) is 2.94. The Hall–Kier alpha value is -1.43. The summed E-state index contributed by atoms with van der Waals surface area (Å²) in [7, 11) is 2.14. The summed E-state index contributed by atoms with van der Waals surface area (Å²) in [6.07, 6.45) is 3.54. The van der Waals surface area contributed by atoms with Crippen LogP contribution in [0.1, 0.15) is 24.5 Å². The Labute approximate surface area is 112 Å². The molecule has 2 aliphatic rings. The van der Waals surface area contributed by atoms with Crippen LogP contribution in [0.2, 0.25) is 0 Å². The third kappa shape index (κ3) is 2.63. The number of fused-ring (bicyclic) bond motifs is 1. The lowest BCUT2D eigenvalue weighted by molar-refractivity contribution is -0.142. The molecule has 19 heavy (non-hydrogen) atoms. The summed E-state index contributed by atoms with van der Waals surface area (Å²) in [5.74, 6) is 1.46. The van der Waals surface area contributed by atoms with Crippen molar-refractivity contribution >= 4 is 5.97 Å². The van der Waals surface area contributed by atoms with E-state index in [0.29, 0.717) is 18.9 Å². The maximum absolute atomic E-state index is 11.0. The number of carboxylic acid groups (broad SMARTS) is 1. The van der Waals surface area contributed by atoms with Crippen molar-refractivity contribution in [3.8, 4) is 0 Å². The van der Waals surface area contributed by atoms with Crippen molar-refractivity contribution in [3.05, 3.63) is 11.6 Å². The van der Waals surface area contributed by atoms with Crippen LogP contribution in [0.15, 0.2) is 0 Å². The molecule has 0 spiro atoms. The lowest BCUT2D eigenvalue weighted by Crippen LogP contribution is -2.27. The number of carboxylic acids is 1. The zero-order chi connectivity index (χ0) is 13.4. The molecule has 0 bridgehead atoms. The highest BCUT2D eigenvalue weighted by Gasteiger charge is 2.27. The van der Waals surface area contributed by atoms with Crippen LogP contribution >= 0.6 is 0 Å². The van der Waals surface area contributed by atoms with Gasteiger partial charge in [-0.3, -0.25) is 4.79 Å². The monoisotopic (exact) mass is 264 g/mol. The zero-order valence-corrected chi connectivity index (χ0v) is 11.2. The van der Waals surface area contributed by atoms with Gasteiger partial charge in [-0.25, -0.2) is 9.67 Å². The molecule has 6 heteroatoms. The van der Waals surface area contributed by atoms with Crippen LogP contribution in [0.5, 0.6) is 0 Å². The van der Waals surface area contributed by atoms with Crippen molar-refractivity contribution in [2.24, 2.45) is 11.8 Å². The van der Waals surface area contributed by atoms with Gasteiger partial charge < -0.3 is 10.0 Å². The molecule has 6 nitrogen and oxygen atoms in total. The Kier molecular flexibility index (Phi) is 3.26. The number of carbonyl (C=O) groups is 1. The van der Waals surface area contributed by atoms with E-state index >= 15 is 0 Å². The van der Waals surface area contributed by atoms with Gasteiger partial charge >= 0.3 is 5.97 Å². The first-order chi connectivity index (χ1) is 9.11. The van der Waals surface area contributed by atoms with Gasteiger partial charge in [-0.05, 0) is 32.4 Å². The van der Waals surface area contributed by atoms with Gasteiger partial charge in [-0.15, -0.1) is 0 Å². The first kappa shape index (κ1) is 12.6. The molecule has 0 aromatic carbocycles. The van der Waals surface area contributed by atoms with Crippen molar-refractivity contribution in [2.75, 3.05) is 20.1 Å². The van der Waals surface area contributed by atoms with E-state index in [2.05, 4.69) is 22.0 Å². The van der Waals surface area contributed by atoms with Gasteiger partial charge in [0.05, 0.1) is 12.5 Å². The third-order valence-corrected chi connectivity index (χ3v) is 4.21. The van der Waals surface area contributed by atoms with Crippen molar-refractivity contribution in [2.45, 2.75) is 32.2 Å². The Morgan fingerprint density at radius 3 is 2.95 bits per heavy atom. The van der Waals surface area contributed by atoms with Gasteiger partial charge in [0.2, 0.25) is 0 Å². The predicted octanol–water partition coefficient (Wildman–Crippen LogP) is 0.419. The summed E-state index contributed by atoms with van der Waals surface area (Å²) in [6.45, 7) is 2.74. The van der Waals surface area contributed by atoms with Crippen LogP contribution in [0.4, 0.5) is 0 Å². The molecule has 0 aliphatic carbocycles. The predicted molar refractivity (Wildman–Crippen MR) is 68.8 cm³/mol. The molecular weight excluding hydrogens is 244 g/mol. The van der Waals surface area contributed by atoms with Crippen LogP contribution < -0.4 is 0 Å². The second-order valence-electron chi connectivity index (χ2n) is 5.82. The first-order valence-electron chi connectivity index (χ1n) is 6.96. The highest BCUT2D eigenvalue weighted by molar-refractivity contribution is 5.70. The van der Waals surface area contributed by atoms with E-state index in [9.17, 15) is 4.79 Å². The Morgan fingerprint density at radius 1 is 1.42 bits per heavy atom. The third-order valence-electron chi connectivity index (χ3n) is 4.21. The van der Waals surface area contributed by atoms with E-state index in [1.807, 2.05) is 0 Å². The molecule has 1 N–H and O–H groups in total. The van der Waals surface area contributed by atoms with Crippen molar-refractivity contribution < 1.29 is 9.90 Å². The lowest BCUT2D eigenvalue weighted by Gasteiger charge is -2.18. The van der Waals surface area contributed by atoms with Crippen molar-refractivity contribution in [1.82, 2.24) is 19.7 Å². The second kappa shape index (κ2) is 4.92. The standard InChI is InChI=1S/C13H20N4O2/c1-16-5-4-9(7-16)6-11-14-12-3-2-10(13(18)19)8-17(12)15-11/h9-10H,2-8H2,1H3,(H,18,19). The van der Waals surface area contributed by atoms with Gasteiger partial charge in [-0.2, -0.15) is 5.10 Å². The molecule has 1 aromatic heterocycles. The number of aliphatic carboxylic acids is 1. The average molecular weight is 264 g/mol. The summed E-state index contributed by atoms with van der Waals surface area (Å²) in [4.78, 5) is 17.9. The second-order valence-corrected chi connectivity index (χ2v) is 5.82. The summed E-state index contributed by atoms with van der Waals surface area (Å²) in [6, 6.07) is 0. The maximum Gasteiger partial charge on any atom is 0.308 e. The molecular formula is C13H20N4O2. The minimum Gasteiger partial charge on any atom is -0.481 e. The van der Waals surface area contributed by atoms with E-state index in [4.69, 9.17) is 5.11 Å². The number of hydrogen-bond acceptors (Lipinski definition) is 4. The summed E-state index contributed by atoms with van der Waals surface area (Å²) >= 11 is 0. The highest BCUT2D eigenvalue weighted by Crippen LogP contribution is 2.21. The molecule has 3 heterocycles. The fourth-order valence-corrected chi connectivity index (χ4v) is 3.10. The van der Waals surface area contributed by atoms with Crippen molar-refractivity contribution in [1.29, 1.82) is 0 Å². The molecule has 2 aliphatic heterocycles. The Morgan fingerprint density at radius 2 is 2.26 bits per heavy atom. The van der Waals surface area contributed by atoms with Gasteiger partial charge in [0.25, 0.3) is 0 Å². The quantitative estimate of drug-likeness (QED) is 0.856. The summed E-state index contributed by atoms with van der Waals surface area (Å²) < 4.78 is 1.80. The summed E-state index contributed by atoms with van der Waals surface area (Å²) in [5, 5.41) is 13.6. The van der Waals surface area contributed by atoms with Gasteiger partial charge in [0, 0.05) is 19.4 Å². The number of aryl methyl sites for hydroxylation is 1. The highest BCUT2D eigenvalue weighted by atomic mass is 16.4. The summed E-state index contributed by atoms with van der Waals surface area (Å²) in [5.41, 5.74) is 0. The fourth-order valence-electron chi connectivity index (χ4n) is 3.10. The van der Waals surface area contributed by atoms with Crippen LogP contribution in [-0.2, 0) is 24.2 Å². The lowest BCUT2D eigenvalue weighted by atomic mass is 10.0. The maximum atomic E-state index is 11.0.